The van der Waals surface area contributed by atoms with Gasteiger partial charge in [-0.25, -0.2) is 0 Å². The van der Waals surface area contributed by atoms with Crippen LogP contribution in [0.25, 0.3) is 0 Å². The fourth-order valence-electron chi connectivity index (χ4n) is 2.20. The van der Waals surface area contributed by atoms with Gasteiger partial charge in [-0.3, -0.25) is 9.59 Å². The number of ether oxygens (including phenoxy) is 2. The van der Waals surface area contributed by atoms with Crippen molar-refractivity contribution in [1.82, 2.24) is 5.32 Å². The highest BCUT2D eigenvalue weighted by Gasteiger charge is 2.22. The van der Waals surface area contributed by atoms with Crippen molar-refractivity contribution in [1.29, 1.82) is 0 Å². The highest BCUT2D eigenvalue weighted by atomic mass is 32.1. The van der Waals surface area contributed by atoms with Gasteiger partial charge in [-0.15, -0.1) is 11.3 Å². The van der Waals surface area contributed by atoms with Crippen molar-refractivity contribution in [3.63, 3.8) is 0 Å². The molecule has 1 heterocycles. The third-order valence-electron chi connectivity index (χ3n) is 3.39. The molecule has 0 fully saturated rings. The highest BCUT2D eigenvalue weighted by molar-refractivity contribution is 7.10. The largest absolute Gasteiger partial charge is 0.496 e. The van der Waals surface area contributed by atoms with Gasteiger partial charge in [0, 0.05) is 4.88 Å². The monoisotopic (exact) mass is 333 g/mol. The second kappa shape index (κ2) is 7.78. The van der Waals surface area contributed by atoms with Gasteiger partial charge in [-0.2, -0.15) is 0 Å². The van der Waals surface area contributed by atoms with Crippen LogP contribution < -0.4 is 10.1 Å². The minimum Gasteiger partial charge on any atom is -0.496 e. The number of aryl methyl sites for hydroxylation is 1. The average molecular weight is 333 g/mol. The number of carbonyl (C=O) groups is 2. The second-order valence-electron chi connectivity index (χ2n) is 5.03. The minimum absolute atomic E-state index is 0.0802. The Morgan fingerprint density at radius 1 is 1.26 bits per heavy atom. The van der Waals surface area contributed by atoms with Crippen LogP contribution in [0.1, 0.15) is 33.3 Å². The first-order valence-corrected chi connectivity index (χ1v) is 7.99. The molecule has 0 saturated heterocycles. The number of hydrogen-bond acceptors (Lipinski definition) is 5. The lowest BCUT2D eigenvalue weighted by atomic mass is 10.1. The van der Waals surface area contributed by atoms with Gasteiger partial charge in [0.25, 0.3) is 5.91 Å². The first-order valence-electron chi connectivity index (χ1n) is 7.11. The van der Waals surface area contributed by atoms with E-state index in [0.29, 0.717) is 11.3 Å². The lowest BCUT2D eigenvalue weighted by molar-refractivity contribution is -0.141. The van der Waals surface area contributed by atoms with Gasteiger partial charge in [-0.1, -0.05) is 17.7 Å². The van der Waals surface area contributed by atoms with Gasteiger partial charge in [0.15, 0.2) is 0 Å². The van der Waals surface area contributed by atoms with Gasteiger partial charge in [-0.05, 0) is 30.5 Å². The van der Waals surface area contributed by atoms with E-state index in [1.54, 1.807) is 12.1 Å². The van der Waals surface area contributed by atoms with Crippen molar-refractivity contribution in [2.24, 2.45) is 0 Å². The van der Waals surface area contributed by atoms with Crippen LogP contribution in [-0.4, -0.2) is 26.1 Å². The van der Waals surface area contributed by atoms with Crippen molar-refractivity contribution in [3.05, 3.63) is 51.7 Å². The number of amides is 1. The highest BCUT2D eigenvalue weighted by Crippen LogP contribution is 2.25. The maximum absolute atomic E-state index is 12.6. The van der Waals surface area contributed by atoms with Crippen LogP contribution in [0.3, 0.4) is 0 Å². The number of rotatable bonds is 6. The molecule has 2 aromatic rings. The Bertz CT molecular complexity index is 682. The zero-order valence-electron chi connectivity index (χ0n) is 13.3. The van der Waals surface area contributed by atoms with Crippen molar-refractivity contribution >= 4 is 23.2 Å². The second-order valence-corrected chi connectivity index (χ2v) is 6.00. The Kier molecular flexibility index (Phi) is 5.76. The van der Waals surface area contributed by atoms with Crippen molar-refractivity contribution in [2.45, 2.75) is 19.4 Å². The van der Waals surface area contributed by atoms with Crippen LogP contribution in [0.2, 0.25) is 0 Å². The average Bonchev–Trinajstić information content (AvgIpc) is 3.08. The molecule has 1 amide bonds. The van der Waals surface area contributed by atoms with E-state index in [0.717, 1.165) is 10.4 Å². The Balaban J connectivity index is 2.24. The molecule has 5 nitrogen and oxygen atoms in total. The summed E-state index contributed by atoms with van der Waals surface area (Å²) >= 11 is 1.48. The predicted molar refractivity (Wildman–Crippen MR) is 88.9 cm³/mol. The van der Waals surface area contributed by atoms with Crippen LogP contribution in [0.5, 0.6) is 5.75 Å². The number of methoxy groups -OCH3 is 2. The van der Waals surface area contributed by atoms with Crippen LogP contribution in [0.15, 0.2) is 35.7 Å². The Morgan fingerprint density at radius 2 is 2.04 bits per heavy atom. The molecule has 6 heteroatoms. The van der Waals surface area contributed by atoms with Gasteiger partial charge in [0.1, 0.15) is 5.75 Å². The summed E-state index contributed by atoms with van der Waals surface area (Å²) in [7, 11) is 2.85. The summed E-state index contributed by atoms with van der Waals surface area (Å²) in [5.74, 6) is -0.163. The molecular weight excluding hydrogens is 314 g/mol. The molecule has 0 spiro atoms. The topological polar surface area (TPSA) is 64.6 Å². The fraction of sp³-hybridized carbons (Fsp3) is 0.294. The van der Waals surface area contributed by atoms with E-state index in [1.165, 1.54) is 25.6 Å². The molecule has 0 unspecified atom stereocenters. The van der Waals surface area contributed by atoms with Gasteiger partial charge in [0.2, 0.25) is 0 Å². The maximum atomic E-state index is 12.6. The number of hydrogen-bond donors (Lipinski definition) is 1. The van der Waals surface area contributed by atoms with E-state index in [2.05, 4.69) is 5.32 Å². The molecule has 0 radical (unpaired) electrons. The summed E-state index contributed by atoms with van der Waals surface area (Å²) in [6.45, 7) is 1.90. The number of thiophene rings is 1. The molecule has 0 aliphatic rings. The Morgan fingerprint density at radius 3 is 2.65 bits per heavy atom. The smallest absolute Gasteiger partial charge is 0.307 e. The van der Waals surface area contributed by atoms with Crippen LogP contribution in [0.4, 0.5) is 0 Å². The molecule has 0 aliphatic carbocycles. The number of benzene rings is 1. The van der Waals surface area contributed by atoms with E-state index < -0.39 is 6.04 Å². The molecule has 0 aliphatic heterocycles. The molecule has 1 aromatic heterocycles. The van der Waals surface area contributed by atoms with Crippen molar-refractivity contribution in [3.8, 4) is 5.75 Å². The summed E-state index contributed by atoms with van der Waals surface area (Å²) in [4.78, 5) is 25.1. The zero-order valence-corrected chi connectivity index (χ0v) is 14.1. The van der Waals surface area contributed by atoms with E-state index in [4.69, 9.17) is 9.47 Å². The molecule has 2 rings (SSSR count). The molecule has 1 N–H and O–H groups in total. The summed E-state index contributed by atoms with van der Waals surface area (Å²) in [5.41, 5.74) is 1.40. The maximum Gasteiger partial charge on any atom is 0.307 e. The first-order chi connectivity index (χ1) is 11.0. The number of nitrogens with one attached hydrogen (secondary N) is 1. The predicted octanol–water partition coefficient (Wildman–Crippen LogP) is 3.10. The van der Waals surface area contributed by atoms with E-state index in [1.807, 2.05) is 30.5 Å². The first kappa shape index (κ1) is 17.0. The molecule has 1 aromatic carbocycles. The molecule has 0 saturated carbocycles. The summed E-state index contributed by atoms with van der Waals surface area (Å²) < 4.78 is 9.97. The molecule has 122 valence electrons. The lowest BCUT2D eigenvalue weighted by Gasteiger charge is -2.17. The van der Waals surface area contributed by atoms with Gasteiger partial charge < -0.3 is 14.8 Å². The summed E-state index contributed by atoms with van der Waals surface area (Å²) in [6, 6.07) is 8.72. The molecular formula is C17H19NO4S. The normalized spacial score (nSPS) is 11.6. The summed E-state index contributed by atoms with van der Waals surface area (Å²) in [6.07, 6.45) is 0.0802. The third kappa shape index (κ3) is 4.32. The quantitative estimate of drug-likeness (QED) is 0.825. The Hall–Kier alpha value is -2.34. The molecule has 1 atom stereocenters. The van der Waals surface area contributed by atoms with E-state index >= 15 is 0 Å². The standard InChI is InChI=1S/C17H19NO4S/c1-11-6-7-14(21-2)12(9-11)17(20)18-13(10-16(19)22-3)15-5-4-8-23-15/h4-9,13H,10H2,1-3H3,(H,18,20)/t13-/m0/s1. The van der Waals surface area contributed by atoms with Gasteiger partial charge in [0.05, 0.1) is 32.2 Å². The van der Waals surface area contributed by atoms with Crippen LogP contribution >= 0.6 is 11.3 Å². The van der Waals surface area contributed by atoms with E-state index in [9.17, 15) is 9.59 Å². The van der Waals surface area contributed by atoms with Crippen molar-refractivity contribution < 1.29 is 19.1 Å². The van der Waals surface area contributed by atoms with Crippen LogP contribution in [-0.2, 0) is 9.53 Å². The number of carbonyl (C=O) groups excluding carboxylic acids is 2. The Labute approximate surface area is 139 Å². The SMILES string of the molecule is COC(=O)C[C@H](NC(=O)c1cc(C)ccc1OC)c1cccs1. The van der Waals surface area contributed by atoms with Gasteiger partial charge >= 0.3 is 5.97 Å². The lowest BCUT2D eigenvalue weighted by Crippen LogP contribution is -2.30. The van der Waals surface area contributed by atoms with Crippen LogP contribution in [0, 0.1) is 6.92 Å². The van der Waals surface area contributed by atoms with Crippen molar-refractivity contribution in [2.75, 3.05) is 14.2 Å². The minimum atomic E-state index is -0.430. The summed E-state index contributed by atoms with van der Waals surface area (Å²) in [5, 5.41) is 4.80. The zero-order chi connectivity index (χ0) is 16.8. The molecule has 0 bridgehead atoms. The molecule has 23 heavy (non-hydrogen) atoms. The van der Waals surface area contributed by atoms with E-state index in [-0.39, 0.29) is 18.3 Å². The third-order valence-corrected chi connectivity index (χ3v) is 4.38. The fourth-order valence-corrected chi connectivity index (χ4v) is 2.98. The number of esters is 1.